The second kappa shape index (κ2) is 7.17. The van der Waals surface area contributed by atoms with Gasteiger partial charge in [0.15, 0.2) is 6.10 Å². The van der Waals surface area contributed by atoms with Crippen molar-refractivity contribution < 1.29 is 33.6 Å². The molecule has 2 aliphatic heterocycles. The van der Waals surface area contributed by atoms with E-state index in [4.69, 9.17) is 23.7 Å². The topological polar surface area (TPSA) is 83.5 Å². The van der Waals surface area contributed by atoms with E-state index in [0.29, 0.717) is 5.56 Å². The SMILES string of the molecule is O=C(O[C@@H]([C@H](O)[C@@H]1COCO1)[C@@H]1COCO1)c1ccccc1. The number of rotatable bonds is 5. The molecule has 0 aliphatic carbocycles. The molecule has 3 rings (SSSR count). The van der Waals surface area contributed by atoms with Crippen molar-refractivity contribution in [2.45, 2.75) is 24.4 Å². The molecule has 2 fully saturated rings. The van der Waals surface area contributed by atoms with Gasteiger partial charge in [-0.2, -0.15) is 0 Å². The van der Waals surface area contributed by atoms with E-state index in [9.17, 15) is 9.90 Å². The third-order valence-electron chi connectivity index (χ3n) is 3.63. The second-order valence-electron chi connectivity index (χ2n) is 5.11. The van der Waals surface area contributed by atoms with Crippen LogP contribution < -0.4 is 0 Å². The Labute approximate surface area is 127 Å². The Morgan fingerprint density at radius 2 is 1.73 bits per heavy atom. The molecule has 7 heteroatoms. The summed E-state index contributed by atoms with van der Waals surface area (Å²) < 4.78 is 26.4. The highest BCUT2D eigenvalue weighted by Crippen LogP contribution is 2.21. The summed E-state index contributed by atoms with van der Waals surface area (Å²) in [5.74, 6) is -0.529. The molecule has 1 N–H and O–H groups in total. The lowest BCUT2D eigenvalue weighted by Crippen LogP contribution is -2.48. The van der Waals surface area contributed by atoms with Crippen molar-refractivity contribution in [3.05, 3.63) is 35.9 Å². The van der Waals surface area contributed by atoms with Gasteiger partial charge in [-0.15, -0.1) is 0 Å². The lowest BCUT2D eigenvalue weighted by molar-refractivity contribution is -0.115. The first-order chi connectivity index (χ1) is 10.8. The number of hydrogen-bond donors (Lipinski definition) is 1. The van der Waals surface area contributed by atoms with Gasteiger partial charge in [-0.05, 0) is 12.1 Å². The van der Waals surface area contributed by atoms with Gasteiger partial charge >= 0.3 is 5.97 Å². The van der Waals surface area contributed by atoms with Gasteiger partial charge in [0, 0.05) is 0 Å². The summed E-state index contributed by atoms with van der Waals surface area (Å²) in [6, 6.07) is 8.58. The first-order valence-corrected chi connectivity index (χ1v) is 7.08. The summed E-state index contributed by atoms with van der Waals surface area (Å²) in [5.41, 5.74) is 0.405. The average Bonchev–Trinajstić information content (AvgIpc) is 3.25. The summed E-state index contributed by atoms with van der Waals surface area (Å²) in [4.78, 5) is 12.2. The minimum Gasteiger partial charge on any atom is -0.453 e. The molecule has 0 radical (unpaired) electrons. The van der Waals surface area contributed by atoms with Gasteiger partial charge in [-0.3, -0.25) is 0 Å². The Bertz CT molecular complexity index is 480. The van der Waals surface area contributed by atoms with E-state index in [-0.39, 0.29) is 26.8 Å². The van der Waals surface area contributed by atoms with Gasteiger partial charge in [-0.1, -0.05) is 18.2 Å². The summed E-state index contributed by atoms with van der Waals surface area (Å²) >= 11 is 0. The molecule has 2 heterocycles. The van der Waals surface area contributed by atoms with E-state index in [1.165, 1.54) is 0 Å². The van der Waals surface area contributed by atoms with Crippen molar-refractivity contribution in [3.63, 3.8) is 0 Å². The number of aliphatic hydroxyl groups excluding tert-OH is 1. The van der Waals surface area contributed by atoms with Gasteiger partial charge in [0.25, 0.3) is 0 Å². The zero-order valence-electron chi connectivity index (χ0n) is 11.9. The maximum atomic E-state index is 12.2. The summed E-state index contributed by atoms with van der Waals surface area (Å²) in [6.07, 6.45) is -3.03. The fourth-order valence-electron chi connectivity index (χ4n) is 2.43. The number of ether oxygens (including phenoxy) is 5. The third-order valence-corrected chi connectivity index (χ3v) is 3.63. The molecule has 0 amide bonds. The van der Waals surface area contributed by atoms with Crippen molar-refractivity contribution in [1.29, 1.82) is 0 Å². The van der Waals surface area contributed by atoms with Gasteiger partial charge in [0.1, 0.15) is 31.9 Å². The Kier molecular flexibility index (Phi) is 5.01. The number of aliphatic hydroxyl groups is 1. The molecule has 120 valence electrons. The van der Waals surface area contributed by atoms with E-state index < -0.39 is 30.4 Å². The summed E-state index contributed by atoms with van der Waals surface area (Å²) in [6.45, 7) is 0.716. The molecule has 0 unspecified atom stereocenters. The molecule has 22 heavy (non-hydrogen) atoms. The second-order valence-corrected chi connectivity index (χ2v) is 5.11. The lowest BCUT2D eigenvalue weighted by atomic mass is 10.0. The van der Waals surface area contributed by atoms with E-state index in [2.05, 4.69) is 0 Å². The van der Waals surface area contributed by atoms with Crippen LogP contribution in [0, 0.1) is 0 Å². The Morgan fingerprint density at radius 1 is 1.09 bits per heavy atom. The molecule has 0 saturated carbocycles. The maximum Gasteiger partial charge on any atom is 0.338 e. The predicted octanol–water partition coefficient (Wildman–Crippen LogP) is 0.319. The Morgan fingerprint density at radius 3 is 2.32 bits per heavy atom. The van der Waals surface area contributed by atoms with Gasteiger partial charge in [0.2, 0.25) is 0 Å². The molecular formula is C15H18O7. The normalized spacial score (nSPS) is 27.5. The molecule has 0 spiro atoms. The van der Waals surface area contributed by atoms with Crippen LogP contribution in [-0.4, -0.2) is 62.3 Å². The van der Waals surface area contributed by atoms with E-state index in [1.807, 2.05) is 0 Å². The van der Waals surface area contributed by atoms with Crippen molar-refractivity contribution in [1.82, 2.24) is 0 Å². The highest BCUT2D eigenvalue weighted by molar-refractivity contribution is 5.89. The first-order valence-electron chi connectivity index (χ1n) is 7.08. The van der Waals surface area contributed by atoms with Crippen molar-refractivity contribution in [2.75, 3.05) is 26.8 Å². The van der Waals surface area contributed by atoms with Crippen LogP contribution in [0.3, 0.4) is 0 Å². The van der Waals surface area contributed by atoms with E-state index >= 15 is 0 Å². The van der Waals surface area contributed by atoms with Crippen LogP contribution in [0.15, 0.2) is 30.3 Å². The quantitative estimate of drug-likeness (QED) is 0.784. The van der Waals surface area contributed by atoms with Crippen LogP contribution in [0.25, 0.3) is 0 Å². The highest BCUT2D eigenvalue weighted by atomic mass is 16.7. The Balaban J connectivity index is 1.71. The summed E-state index contributed by atoms with van der Waals surface area (Å²) in [7, 11) is 0. The van der Waals surface area contributed by atoms with Gasteiger partial charge in [0.05, 0.1) is 18.8 Å². The van der Waals surface area contributed by atoms with Crippen LogP contribution in [0.1, 0.15) is 10.4 Å². The lowest BCUT2D eigenvalue weighted by Gasteiger charge is -2.29. The molecule has 1 aromatic rings. The molecule has 0 bridgehead atoms. The van der Waals surface area contributed by atoms with Gasteiger partial charge in [-0.25, -0.2) is 4.79 Å². The molecular weight excluding hydrogens is 292 g/mol. The van der Waals surface area contributed by atoms with Crippen molar-refractivity contribution in [3.8, 4) is 0 Å². The Hall–Kier alpha value is -1.51. The number of carbonyl (C=O) groups is 1. The molecule has 7 nitrogen and oxygen atoms in total. The molecule has 2 saturated heterocycles. The number of carbonyl (C=O) groups excluding carboxylic acids is 1. The highest BCUT2D eigenvalue weighted by Gasteiger charge is 2.41. The largest absolute Gasteiger partial charge is 0.453 e. The van der Waals surface area contributed by atoms with Gasteiger partial charge < -0.3 is 28.8 Å². The number of esters is 1. The fraction of sp³-hybridized carbons (Fsp3) is 0.533. The average molecular weight is 310 g/mol. The molecule has 0 aromatic heterocycles. The van der Waals surface area contributed by atoms with Crippen molar-refractivity contribution in [2.24, 2.45) is 0 Å². The molecule has 2 aliphatic rings. The smallest absolute Gasteiger partial charge is 0.338 e. The predicted molar refractivity (Wildman–Crippen MR) is 73.0 cm³/mol. The monoisotopic (exact) mass is 310 g/mol. The van der Waals surface area contributed by atoms with Crippen molar-refractivity contribution >= 4 is 5.97 Å². The molecule has 4 atom stereocenters. The van der Waals surface area contributed by atoms with Crippen LogP contribution in [0.2, 0.25) is 0 Å². The zero-order chi connectivity index (χ0) is 15.4. The minimum absolute atomic E-state index is 0.110. The number of benzene rings is 1. The van der Waals surface area contributed by atoms with Crippen LogP contribution in [0.4, 0.5) is 0 Å². The number of hydrogen-bond acceptors (Lipinski definition) is 7. The minimum atomic E-state index is -1.05. The maximum absolute atomic E-state index is 12.2. The zero-order valence-corrected chi connectivity index (χ0v) is 11.9. The fourth-order valence-corrected chi connectivity index (χ4v) is 2.43. The van der Waals surface area contributed by atoms with Crippen LogP contribution >= 0.6 is 0 Å². The standard InChI is InChI=1S/C15H18O7/c16-13(11-6-18-8-20-11)14(12-7-19-9-21-12)22-15(17)10-4-2-1-3-5-10/h1-5,11-14,16H,6-9H2/t11-,12-,13+,14+/m0/s1. The van der Waals surface area contributed by atoms with Crippen LogP contribution in [0.5, 0.6) is 0 Å². The van der Waals surface area contributed by atoms with E-state index in [1.54, 1.807) is 30.3 Å². The molecule has 1 aromatic carbocycles. The van der Waals surface area contributed by atoms with E-state index in [0.717, 1.165) is 0 Å². The van der Waals surface area contributed by atoms with Crippen LogP contribution in [-0.2, 0) is 23.7 Å². The summed E-state index contributed by atoms with van der Waals surface area (Å²) in [5, 5.41) is 10.4. The first kappa shape index (κ1) is 15.4. The third kappa shape index (κ3) is 3.45.